The van der Waals surface area contributed by atoms with E-state index in [-0.39, 0.29) is 0 Å². The maximum atomic E-state index is 5.84. The summed E-state index contributed by atoms with van der Waals surface area (Å²) in [4.78, 5) is 2.36. The van der Waals surface area contributed by atoms with Crippen LogP contribution in [0.3, 0.4) is 0 Å². The fourth-order valence-corrected chi connectivity index (χ4v) is 2.32. The Morgan fingerprint density at radius 3 is 2.56 bits per heavy atom. The van der Waals surface area contributed by atoms with Gasteiger partial charge < -0.3 is 10.6 Å². The van der Waals surface area contributed by atoms with Gasteiger partial charge in [0.15, 0.2) is 0 Å². The topological polar surface area (TPSA) is 29.3 Å². The molecule has 1 aliphatic rings. The van der Waals surface area contributed by atoms with Crippen LogP contribution in [0, 0.1) is 19.3 Å². The van der Waals surface area contributed by atoms with E-state index >= 15 is 0 Å². The van der Waals surface area contributed by atoms with Gasteiger partial charge in [-0.05, 0) is 50.4 Å². The molecule has 1 saturated carbocycles. The number of aryl methyl sites for hydroxylation is 2. The third kappa shape index (κ3) is 2.22. The van der Waals surface area contributed by atoms with E-state index in [9.17, 15) is 0 Å². The zero-order valence-electron chi connectivity index (χ0n) is 10.6. The molecule has 0 atom stereocenters. The van der Waals surface area contributed by atoms with Gasteiger partial charge in [-0.3, -0.25) is 0 Å². The number of benzene rings is 1. The van der Waals surface area contributed by atoms with E-state index in [0.29, 0.717) is 5.41 Å². The molecule has 16 heavy (non-hydrogen) atoms. The van der Waals surface area contributed by atoms with Crippen molar-refractivity contribution in [3.05, 3.63) is 29.3 Å². The van der Waals surface area contributed by atoms with Crippen molar-refractivity contribution in [2.75, 3.05) is 25.0 Å². The Balaban J connectivity index is 2.14. The minimum absolute atomic E-state index is 0.408. The SMILES string of the molecule is Cc1ccc(C)c(N(C)CC2(CN)CC2)c1. The third-order valence-corrected chi connectivity index (χ3v) is 3.74. The van der Waals surface area contributed by atoms with Crippen LogP contribution < -0.4 is 10.6 Å². The van der Waals surface area contributed by atoms with Crippen LogP contribution in [-0.2, 0) is 0 Å². The molecule has 0 aromatic heterocycles. The van der Waals surface area contributed by atoms with E-state index < -0.39 is 0 Å². The van der Waals surface area contributed by atoms with Crippen LogP contribution in [0.15, 0.2) is 18.2 Å². The van der Waals surface area contributed by atoms with Crippen LogP contribution >= 0.6 is 0 Å². The highest BCUT2D eigenvalue weighted by Gasteiger charge is 2.42. The summed E-state index contributed by atoms with van der Waals surface area (Å²) in [5.41, 5.74) is 10.3. The van der Waals surface area contributed by atoms with E-state index in [1.165, 1.54) is 29.7 Å². The number of hydrogen-bond acceptors (Lipinski definition) is 2. The summed E-state index contributed by atoms with van der Waals surface area (Å²) in [5.74, 6) is 0. The van der Waals surface area contributed by atoms with Crippen molar-refractivity contribution >= 4 is 5.69 Å². The molecule has 1 aromatic carbocycles. The monoisotopic (exact) mass is 218 g/mol. The molecule has 0 heterocycles. The van der Waals surface area contributed by atoms with Gasteiger partial charge in [0.1, 0.15) is 0 Å². The Labute approximate surface area is 98.4 Å². The van der Waals surface area contributed by atoms with Crippen LogP contribution in [-0.4, -0.2) is 20.1 Å². The molecule has 2 heteroatoms. The van der Waals surface area contributed by atoms with Crippen LogP contribution in [0.1, 0.15) is 24.0 Å². The Morgan fingerprint density at radius 1 is 1.31 bits per heavy atom. The van der Waals surface area contributed by atoms with Crippen molar-refractivity contribution in [3.63, 3.8) is 0 Å². The second kappa shape index (κ2) is 4.10. The second-order valence-corrected chi connectivity index (χ2v) is 5.35. The summed E-state index contributed by atoms with van der Waals surface area (Å²) in [6.45, 7) is 6.23. The normalized spacial score (nSPS) is 17.2. The molecular weight excluding hydrogens is 196 g/mol. The number of anilines is 1. The van der Waals surface area contributed by atoms with Crippen LogP contribution in [0.2, 0.25) is 0 Å². The van der Waals surface area contributed by atoms with Crippen LogP contribution in [0.25, 0.3) is 0 Å². The Bertz CT molecular complexity index is 380. The van der Waals surface area contributed by atoms with Gasteiger partial charge in [-0.15, -0.1) is 0 Å². The van der Waals surface area contributed by atoms with E-state index in [1.807, 2.05) is 0 Å². The quantitative estimate of drug-likeness (QED) is 0.841. The summed E-state index contributed by atoms with van der Waals surface area (Å²) >= 11 is 0. The lowest BCUT2D eigenvalue weighted by Gasteiger charge is -2.26. The minimum Gasteiger partial charge on any atom is -0.374 e. The summed E-state index contributed by atoms with van der Waals surface area (Å²) in [5, 5.41) is 0. The first kappa shape index (κ1) is 11.5. The van der Waals surface area contributed by atoms with Crippen LogP contribution in [0.5, 0.6) is 0 Å². The predicted octanol–water partition coefficient (Wildman–Crippen LogP) is 2.48. The highest BCUT2D eigenvalue weighted by molar-refractivity contribution is 5.54. The molecule has 0 unspecified atom stereocenters. The van der Waals surface area contributed by atoms with Crippen molar-refractivity contribution in [1.29, 1.82) is 0 Å². The number of nitrogens with two attached hydrogens (primary N) is 1. The first-order chi connectivity index (χ1) is 7.56. The fraction of sp³-hybridized carbons (Fsp3) is 0.571. The molecule has 1 aromatic rings. The molecule has 1 aliphatic carbocycles. The predicted molar refractivity (Wildman–Crippen MR) is 69.9 cm³/mol. The van der Waals surface area contributed by atoms with Gasteiger partial charge >= 0.3 is 0 Å². The molecule has 0 spiro atoms. The second-order valence-electron chi connectivity index (χ2n) is 5.35. The Morgan fingerprint density at radius 2 is 2.00 bits per heavy atom. The van der Waals surface area contributed by atoms with Gasteiger partial charge in [0.25, 0.3) is 0 Å². The van der Waals surface area contributed by atoms with Crippen molar-refractivity contribution in [1.82, 2.24) is 0 Å². The van der Waals surface area contributed by atoms with E-state index in [0.717, 1.165) is 13.1 Å². The number of hydrogen-bond donors (Lipinski definition) is 1. The standard InChI is InChI=1S/C14H22N2/c1-11-4-5-12(2)13(8-11)16(3)10-14(9-15)6-7-14/h4-5,8H,6-7,9-10,15H2,1-3H3. The van der Waals surface area contributed by atoms with Crippen molar-refractivity contribution in [3.8, 4) is 0 Å². The van der Waals surface area contributed by atoms with Gasteiger partial charge in [-0.25, -0.2) is 0 Å². The smallest absolute Gasteiger partial charge is 0.0396 e. The zero-order valence-corrected chi connectivity index (χ0v) is 10.6. The van der Waals surface area contributed by atoms with Crippen molar-refractivity contribution in [2.45, 2.75) is 26.7 Å². The number of rotatable bonds is 4. The molecule has 2 N–H and O–H groups in total. The van der Waals surface area contributed by atoms with Gasteiger partial charge in [0.05, 0.1) is 0 Å². The van der Waals surface area contributed by atoms with Gasteiger partial charge in [0.2, 0.25) is 0 Å². The van der Waals surface area contributed by atoms with Crippen LogP contribution in [0.4, 0.5) is 5.69 Å². The minimum atomic E-state index is 0.408. The number of nitrogens with zero attached hydrogens (tertiary/aromatic N) is 1. The highest BCUT2D eigenvalue weighted by atomic mass is 15.1. The molecule has 88 valence electrons. The Hall–Kier alpha value is -1.02. The summed E-state index contributed by atoms with van der Waals surface area (Å²) in [6.07, 6.45) is 2.58. The molecule has 2 rings (SSSR count). The summed E-state index contributed by atoms with van der Waals surface area (Å²) in [7, 11) is 2.18. The van der Waals surface area contributed by atoms with Crippen molar-refractivity contribution in [2.24, 2.45) is 11.1 Å². The zero-order chi connectivity index (χ0) is 11.8. The lowest BCUT2D eigenvalue weighted by molar-refractivity contribution is 0.523. The van der Waals surface area contributed by atoms with Crippen molar-refractivity contribution < 1.29 is 0 Å². The largest absolute Gasteiger partial charge is 0.374 e. The Kier molecular flexibility index (Phi) is 2.94. The first-order valence-corrected chi connectivity index (χ1v) is 6.05. The highest BCUT2D eigenvalue weighted by Crippen LogP contribution is 2.45. The molecule has 0 bridgehead atoms. The molecule has 1 fully saturated rings. The summed E-state index contributed by atoms with van der Waals surface area (Å²) in [6, 6.07) is 6.63. The van der Waals surface area contributed by atoms with E-state index in [1.54, 1.807) is 0 Å². The maximum Gasteiger partial charge on any atom is 0.0396 e. The first-order valence-electron chi connectivity index (χ1n) is 6.05. The fourth-order valence-electron chi connectivity index (χ4n) is 2.32. The average Bonchev–Trinajstić information content (AvgIpc) is 3.02. The molecule has 0 aliphatic heterocycles. The van der Waals surface area contributed by atoms with Gasteiger partial charge in [-0.2, -0.15) is 0 Å². The molecule has 0 saturated heterocycles. The third-order valence-electron chi connectivity index (χ3n) is 3.74. The molecule has 2 nitrogen and oxygen atoms in total. The van der Waals surface area contributed by atoms with E-state index in [4.69, 9.17) is 5.73 Å². The van der Waals surface area contributed by atoms with E-state index in [2.05, 4.69) is 44.0 Å². The lowest BCUT2D eigenvalue weighted by Crippen LogP contribution is -2.31. The van der Waals surface area contributed by atoms with Gasteiger partial charge in [0, 0.05) is 24.7 Å². The summed E-state index contributed by atoms with van der Waals surface area (Å²) < 4.78 is 0. The molecule has 0 radical (unpaired) electrons. The van der Waals surface area contributed by atoms with Gasteiger partial charge in [-0.1, -0.05) is 12.1 Å². The molecule has 0 amide bonds. The maximum absolute atomic E-state index is 5.84. The average molecular weight is 218 g/mol. The molecular formula is C14H22N2. The lowest BCUT2D eigenvalue weighted by atomic mass is 10.1.